The first-order chi connectivity index (χ1) is 9.36. The highest BCUT2D eigenvalue weighted by atomic mass is 16.3. The van der Waals surface area contributed by atoms with E-state index in [-0.39, 0.29) is 5.78 Å². The van der Waals surface area contributed by atoms with Crippen LogP contribution in [0.1, 0.15) is 37.0 Å². The molecule has 0 amide bonds. The number of hydrogen-bond donors (Lipinski definition) is 0. The molecule has 1 aromatic carbocycles. The molecule has 2 heteroatoms. The minimum atomic E-state index is 0.265. The number of rotatable bonds is 2. The third kappa shape index (κ3) is 2.39. The van der Waals surface area contributed by atoms with E-state index in [2.05, 4.69) is 0 Å². The minimum Gasteiger partial charge on any atom is -0.464 e. The number of ketones is 1. The van der Waals surface area contributed by atoms with Gasteiger partial charge in [-0.25, -0.2) is 0 Å². The van der Waals surface area contributed by atoms with Crippen molar-refractivity contribution in [3.8, 4) is 0 Å². The summed E-state index contributed by atoms with van der Waals surface area (Å²) in [5, 5.41) is 0. The summed E-state index contributed by atoms with van der Waals surface area (Å²) in [6.07, 6.45) is 5.25. The second-order valence-electron chi connectivity index (χ2n) is 4.83. The summed E-state index contributed by atoms with van der Waals surface area (Å²) in [5.74, 6) is 1.05. The second-order valence-corrected chi connectivity index (χ2v) is 4.83. The van der Waals surface area contributed by atoms with Crippen LogP contribution in [-0.2, 0) is 4.79 Å². The van der Waals surface area contributed by atoms with Crippen molar-refractivity contribution in [1.82, 2.24) is 0 Å². The monoisotopic (exact) mass is 252 g/mol. The fraction of sp³-hybridized carbons (Fsp3) is 0.235. The van der Waals surface area contributed by atoms with Gasteiger partial charge in [-0.3, -0.25) is 4.79 Å². The predicted octanol–water partition coefficient (Wildman–Crippen LogP) is 4.22. The number of hydrogen-bond acceptors (Lipinski definition) is 2. The maximum Gasteiger partial charge on any atom is 0.159 e. The lowest BCUT2D eigenvalue weighted by Gasteiger charge is -2.17. The van der Waals surface area contributed by atoms with Crippen molar-refractivity contribution in [3.05, 3.63) is 65.6 Å². The van der Waals surface area contributed by atoms with E-state index < -0.39 is 0 Å². The van der Waals surface area contributed by atoms with Gasteiger partial charge in [-0.2, -0.15) is 0 Å². The fourth-order valence-electron chi connectivity index (χ4n) is 2.63. The van der Waals surface area contributed by atoms with Gasteiger partial charge in [-0.1, -0.05) is 30.3 Å². The zero-order valence-corrected chi connectivity index (χ0v) is 10.8. The quantitative estimate of drug-likeness (QED) is 0.749. The summed E-state index contributed by atoms with van der Waals surface area (Å²) in [6.45, 7) is 0. The van der Waals surface area contributed by atoms with Gasteiger partial charge in [0.05, 0.1) is 6.26 Å². The Hall–Kier alpha value is -2.09. The summed E-state index contributed by atoms with van der Waals surface area (Å²) in [6, 6.07) is 13.8. The van der Waals surface area contributed by atoms with Crippen molar-refractivity contribution in [1.29, 1.82) is 0 Å². The Balaban J connectivity index is 2.17. The highest BCUT2D eigenvalue weighted by Gasteiger charge is 2.22. The highest BCUT2D eigenvalue weighted by Crippen LogP contribution is 2.33. The Morgan fingerprint density at radius 2 is 1.74 bits per heavy atom. The number of carbonyl (C=O) groups is 1. The van der Waals surface area contributed by atoms with Crippen LogP contribution in [0, 0.1) is 0 Å². The van der Waals surface area contributed by atoms with Crippen LogP contribution in [0.5, 0.6) is 0 Å². The molecule has 0 N–H and O–H groups in total. The van der Waals surface area contributed by atoms with Gasteiger partial charge < -0.3 is 4.42 Å². The van der Waals surface area contributed by atoms with Gasteiger partial charge in [-0.05, 0) is 37.0 Å². The van der Waals surface area contributed by atoms with Gasteiger partial charge in [0.15, 0.2) is 5.78 Å². The third-order valence-electron chi connectivity index (χ3n) is 3.55. The van der Waals surface area contributed by atoms with Gasteiger partial charge in [0.1, 0.15) is 5.76 Å². The van der Waals surface area contributed by atoms with E-state index in [1.165, 1.54) is 0 Å². The molecule has 1 saturated carbocycles. The molecule has 0 unspecified atom stereocenters. The normalized spacial score (nSPS) is 18.4. The Kier molecular flexibility index (Phi) is 3.32. The van der Waals surface area contributed by atoms with E-state index in [1.807, 2.05) is 42.5 Å². The minimum absolute atomic E-state index is 0.265. The zero-order chi connectivity index (χ0) is 13.1. The zero-order valence-electron chi connectivity index (χ0n) is 10.8. The summed E-state index contributed by atoms with van der Waals surface area (Å²) < 4.78 is 5.54. The van der Waals surface area contributed by atoms with Crippen molar-refractivity contribution in [3.63, 3.8) is 0 Å². The summed E-state index contributed by atoms with van der Waals surface area (Å²) >= 11 is 0. The maximum atomic E-state index is 12.2. The molecule has 3 rings (SSSR count). The molecule has 1 aromatic heterocycles. The van der Waals surface area contributed by atoms with Crippen molar-refractivity contribution in [2.45, 2.75) is 25.7 Å². The van der Waals surface area contributed by atoms with E-state index in [0.717, 1.165) is 41.7 Å². The molecule has 0 atom stereocenters. The molecule has 2 nitrogen and oxygen atoms in total. The molecule has 0 aliphatic heterocycles. The predicted molar refractivity (Wildman–Crippen MR) is 74.6 cm³/mol. The Morgan fingerprint density at radius 1 is 0.947 bits per heavy atom. The van der Waals surface area contributed by atoms with Crippen LogP contribution in [0.15, 0.2) is 58.7 Å². The first kappa shape index (κ1) is 12.0. The van der Waals surface area contributed by atoms with Crippen molar-refractivity contribution in [2.24, 2.45) is 0 Å². The lowest BCUT2D eigenvalue weighted by Crippen LogP contribution is -2.11. The van der Waals surface area contributed by atoms with Crippen molar-refractivity contribution in [2.75, 3.05) is 0 Å². The molecule has 0 spiro atoms. The average molecular weight is 252 g/mol. The summed E-state index contributed by atoms with van der Waals surface area (Å²) in [7, 11) is 0. The lowest BCUT2D eigenvalue weighted by molar-refractivity contribution is -0.116. The molecule has 96 valence electrons. The van der Waals surface area contributed by atoms with Crippen LogP contribution in [0.4, 0.5) is 0 Å². The largest absolute Gasteiger partial charge is 0.464 e. The topological polar surface area (TPSA) is 30.2 Å². The van der Waals surface area contributed by atoms with E-state index >= 15 is 0 Å². The van der Waals surface area contributed by atoms with Crippen molar-refractivity contribution < 1.29 is 9.21 Å². The first-order valence-electron chi connectivity index (χ1n) is 6.72. The van der Waals surface area contributed by atoms with Gasteiger partial charge in [-0.15, -0.1) is 0 Å². The number of benzene rings is 1. The molecular formula is C17H16O2. The molecule has 0 saturated heterocycles. The molecular weight excluding hydrogens is 236 g/mol. The fourth-order valence-corrected chi connectivity index (χ4v) is 2.63. The van der Waals surface area contributed by atoms with Gasteiger partial charge in [0.25, 0.3) is 0 Å². The Labute approximate surface area is 112 Å². The number of furan rings is 1. The van der Waals surface area contributed by atoms with Gasteiger partial charge in [0, 0.05) is 17.6 Å². The van der Waals surface area contributed by atoms with Gasteiger partial charge >= 0.3 is 0 Å². The lowest BCUT2D eigenvalue weighted by atomic mass is 9.86. The van der Waals surface area contributed by atoms with E-state index in [4.69, 9.17) is 4.42 Å². The number of carbonyl (C=O) groups excluding carboxylic acids is 1. The van der Waals surface area contributed by atoms with Crippen LogP contribution < -0.4 is 0 Å². The summed E-state index contributed by atoms with van der Waals surface area (Å²) in [5.41, 5.74) is 2.95. The standard InChI is InChI=1S/C17H16O2/c18-15-10-5-4-9-14(15)17(16-11-6-12-19-16)13-7-2-1-3-8-13/h1-3,6-8,11-12H,4-5,9-10H2. The highest BCUT2D eigenvalue weighted by molar-refractivity contribution is 6.05. The van der Waals surface area contributed by atoms with Crippen molar-refractivity contribution >= 4 is 11.4 Å². The molecule has 1 aliphatic rings. The van der Waals surface area contributed by atoms with Crippen LogP contribution in [-0.4, -0.2) is 5.78 Å². The molecule has 19 heavy (non-hydrogen) atoms. The average Bonchev–Trinajstić information content (AvgIpc) is 2.96. The molecule has 2 aromatic rings. The van der Waals surface area contributed by atoms with E-state index in [9.17, 15) is 4.79 Å². The first-order valence-corrected chi connectivity index (χ1v) is 6.72. The van der Waals surface area contributed by atoms with Crippen LogP contribution >= 0.6 is 0 Å². The smallest absolute Gasteiger partial charge is 0.159 e. The Bertz CT molecular complexity index is 591. The van der Waals surface area contributed by atoms with Crippen LogP contribution in [0.3, 0.4) is 0 Å². The van der Waals surface area contributed by atoms with E-state index in [1.54, 1.807) is 6.26 Å². The number of Topliss-reactive ketones (excluding diaryl/α,β-unsaturated/α-hetero) is 1. The SMILES string of the molecule is O=C1CCCCC1=C(c1ccccc1)c1ccco1. The molecule has 0 bridgehead atoms. The third-order valence-corrected chi connectivity index (χ3v) is 3.55. The van der Waals surface area contributed by atoms with E-state index in [0.29, 0.717) is 6.42 Å². The van der Waals surface area contributed by atoms with Crippen LogP contribution in [0.2, 0.25) is 0 Å². The second kappa shape index (κ2) is 5.27. The molecule has 1 heterocycles. The molecule has 0 radical (unpaired) electrons. The molecule has 1 aliphatic carbocycles. The number of allylic oxidation sites excluding steroid dienone is 1. The molecule has 1 fully saturated rings. The Morgan fingerprint density at radius 3 is 2.42 bits per heavy atom. The summed E-state index contributed by atoms with van der Waals surface area (Å²) in [4.78, 5) is 12.2. The maximum absolute atomic E-state index is 12.2. The van der Waals surface area contributed by atoms with Crippen LogP contribution in [0.25, 0.3) is 5.57 Å². The van der Waals surface area contributed by atoms with Gasteiger partial charge in [0.2, 0.25) is 0 Å².